The summed E-state index contributed by atoms with van der Waals surface area (Å²) in [6, 6.07) is 5.37. The second kappa shape index (κ2) is 13.6. The van der Waals surface area contributed by atoms with Gasteiger partial charge in [-0.15, -0.1) is 0 Å². The van der Waals surface area contributed by atoms with Gasteiger partial charge in [-0.25, -0.2) is 15.0 Å². The van der Waals surface area contributed by atoms with Crippen LogP contribution in [-0.2, 0) is 35.2 Å². The molecule has 1 amide bonds. The van der Waals surface area contributed by atoms with E-state index in [4.69, 9.17) is 5.10 Å². The number of amides is 1. The molecule has 1 aromatic carbocycles. The molecule has 0 unspecified atom stereocenters. The molecule has 1 saturated heterocycles. The van der Waals surface area contributed by atoms with Crippen molar-refractivity contribution in [1.29, 1.82) is 0 Å². The number of benzene rings is 1. The second-order valence-electron chi connectivity index (χ2n) is 14.8. The van der Waals surface area contributed by atoms with Gasteiger partial charge in [-0.2, -0.15) is 18.3 Å². The van der Waals surface area contributed by atoms with Crippen LogP contribution >= 0.6 is 0 Å². The summed E-state index contributed by atoms with van der Waals surface area (Å²) in [5, 5.41) is 5.38. The molecular weight excluding hydrogens is 657 g/mol. The number of carbonyl (C=O) groups excluding carboxylic acids is 3. The van der Waals surface area contributed by atoms with E-state index in [1.165, 1.54) is 13.0 Å². The van der Waals surface area contributed by atoms with E-state index in [2.05, 4.69) is 21.0 Å². The fourth-order valence-electron chi connectivity index (χ4n) is 8.38. The normalized spacial score (nSPS) is 22.9. The maximum atomic E-state index is 14.5. The topological polar surface area (TPSA) is 111 Å². The lowest BCUT2D eigenvalue weighted by atomic mass is 9.90. The van der Waals surface area contributed by atoms with E-state index in [0.717, 1.165) is 92.5 Å². The Morgan fingerprint density at radius 1 is 0.941 bits per heavy atom. The van der Waals surface area contributed by atoms with Crippen molar-refractivity contribution in [2.24, 2.45) is 5.41 Å². The van der Waals surface area contributed by atoms with Crippen LogP contribution in [0.25, 0.3) is 22.0 Å². The average Bonchev–Trinajstić information content (AvgIpc) is 3.48. The van der Waals surface area contributed by atoms with E-state index >= 15 is 0 Å². The van der Waals surface area contributed by atoms with Gasteiger partial charge in [0.1, 0.15) is 23.8 Å². The quantitative estimate of drug-likeness (QED) is 0.198. The van der Waals surface area contributed by atoms with Crippen molar-refractivity contribution in [3.05, 3.63) is 70.7 Å². The summed E-state index contributed by atoms with van der Waals surface area (Å²) in [5.74, 6) is -0.160. The summed E-state index contributed by atoms with van der Waals surface area (Å²) >= 11 is 0. The molecule has 51 heavy (non-hydrogen) atoms. The number of aryl methyl sites for hydroxylation is 3. The Bertz CT molecular complexity index is 2010. The van der Waals surface area contributed by atoms with Gasteiger partial charge < -0.3 is 4.90 Å². The molecule has 5 heterocycles. The number of pyridine rings is 1. The van der Waals surface area contributed by atoms with Gasteiger partial charge in [-0.05, 0) is 86.3 Å². The molecule has 1 saturated carbocycles. The fourth-order valence-corrected chi connectivity index (χ4v) is 8.38. The summed E-state index contributed by atoms with van der Waals surface area (Å²) in [5.41, 5.74) is 3.01. The third-order valence-electron chi connectivity index (χ3n) is 11.2. The Kier molecular flexibility index (Phi) is 9.30. The second-order valence-corrected chi connectivity index (χ2v) is 14.8. The smallest absolute Gasteiger partial charge is 0.327 e. The number of nitrogens with zero attached hydrogens (tertiary/aromatic N) is 6. The molecule has 3 atom stereocenters. The molecule has 0 spiro atoms. The lowest BCUT2D eigenvalue weighted by molar-refractivity contribution is -0.141. The summed E-state index contributed by atoms with van der Waals surface area (Å²) in [6.45, 7) is 4.76. The van der Waals surface area contributed by atoms with E-state index in [9.17, 15) is 27.6 Å². The summed E-state index contributed by atoms with van der Waals surface area (Å²) in [4.78, 5) is 55.8. The van der Waals surface area contributed by atoms with E-state index in [0.29, 0.717) is 23.2 Å². The Morgan fingerprint density at radius 3 is 2.35 bits per heavy atom. The molecule has 2 aliphatic heterocycles. The highest BCUT2D eigenvalue weighted by Gasteiger charge is 2.66. The van der Waals surface area contributed by atoms with Crippen LogP contribution < -0.4 is 0 Å². The van der Waals surface area contributed by atoms with Crippen LogP contribution in [-0.4, -0.2) is 59.2 Å². The summed E-state index contributed by atoms with van der Waals surface area (Å²) in [6.07, 6.45) is 8.99. The first-order valence-corrected chi connectivity index (χ1v) is 18.1. The van der Waals surface area contributed by atoms with E-state index in [-0.39, 0.29) is 53.3 Å². The molecule has 1 aliphatic carbocycles. The zero-order chi connectivity index (χ0) is 36.1. The maximum Gasteiger partial charge on any atom is 0.433 e. The Hall–Kier alpha value is -4.48. The standard InChI is InChI=1S/C39H43F3N6O3/c1-23-12-13-33(39(40,41)42)45-30(23)17-32(50)31-18-38-14-10-8-6-4-5-7-9-11-26-15-27(28-20-43-25(3)44-21-28)16-29-36(24(2)49)46-47(37(26)29)22-35(51)48(31)34(38)19-38/h12-13,15-16,20-21,31,34H,4-11,14,17-19,22H2,1-3H3/t31-,34+,38-/m0/s1. The highest BCUT2D eigenvalue weighted by atomic mass is 19.4. The summed E-state index contributed by atoms with van der Waals surface area (Å²) < 4.78 is 42.2. The molecule has 3 aliphatic rings. The number of alkyl halides is 3. The number of ketones is 2. The molecule has 0 N–H and O–H groups in total. The van der Waals surface area contributed by atoms with Crippen molar-refractivity contribution in [3.63, 3.8) is 0 Å². The van der Waals surface area contributed by atoms with Gasteiger partial charge in [-0.1, -0.05) is 44.6 Å². The largest absolute Gasteiger partial charge is 0.433 e. The average molecular weight is 701 g/mol. The van der Waals surface area contributed by atoms with Crippen molar-refractivity contribution in [1.82, 2.24) is 29.6 Å². The van der Waals surface area contributed by atoms with Gasteiger partial charge in [-0.3, -0.25) is 19.1 Å². The zero-order valence-corrected chi connectivity index (χ0v) is 29.4. The third kappa shape index (κ3) is 6.93. The van der Waals surface area contributed by atoms with Crippen molar-refractivity contribution >= 4 is 28.4 Å². The maximum absolute atomic E-state index is 14.5. The van der Waals surface area contributed by atoms with Gasteiger partial charge in [0.2, 0.25) is 5.91 Å². The minimum Gasteiger partial charge on any atom is -0.327 e. The van der Waals surface area contributed by atoms with E-state index in [1.807, 2.05) is 13.0 Å². The molecule has 12 heteroatoms. The lowest BCUT2D eigenvalue weighted by Gasteiger charge is -2.27. The molecule has 9 nitrogen and oxygen atoms in total. The first kappa shape index (κ1) is 34.9. The molecular formula is C39H43F3N6O3. The predicted octanol–water partition coefficient (Wildman–Crippen LogP) is 7.57. The zero-order valence-electron chi connectivity index (χ0n) is 29.4. The Morgan fingerprint density at radius 2 is 1.65 bits per heavy atom. The summed E-state index contributed by atoms with van der Waals surface area (Å²) in [7, 11) is 0. The molecule has 2 fully saturated rings. The van der Waals surface area contributed by atoms with Crippen LogP contribution in [0, 0.1) is 19.3 Å². The van der Waals surface area contributed by atoms with Crippen LogP contribution in [0.15, 0.2) is 36.7 Å². The van der Waals surface area contributed by atoms with Crippen LogP contribution in [0.4, 0.5) is 13.2 Å². The highest BCUT2D eigenvalue weighted by molar-refractivity contribution is 6.07. The minimum atomic E-state index is -4.63. The number of rotatable bonds is 5. The van der Waals surface area contributed by atoms with Crippen LogP contribution in [0.1, 0.15) is 110 Å². The van der Waals surface area contributed by atoms with Crippen molar-refractivity contribution in [2.45, 2.75) is 123 Å². The third-order valence-corrected chi connectivity index (χ3v) is 11.2. The monoisotopic (exact) mass is 700 g/mol. The molecule has 7 rings (SSSR count). The predicted molar refractivity (Wildman–Crippen MR) is 185 cm³/mol. The number of hydrogen-bond donors (Lipinski definition) is 0. The highest BCUT2D eigenvalue weighted by Crippen LogP contribution is 2.62. The number of hydrogen-bond acceptors (Lipinski definition) is 7. The van der Waals surface area contributed by atoms with Gasteiger partial charge in [0, 0.05) is 36.3 Å². The molecule has 2 bridgehead atoms. The van der Waals surface area contributed by atoms with Gasteiger partial charge >= 0.3 is 6.18 Å². The van der Waals surface area contributed by atoms with Crippen LogP contribution in [0.3, 0.4) is 0 Å². The number of Topliss-reactive ketones (excluding diaryl/α,β-unsaturated/α-hetero) is 2. The number of halogens is 3. The Balaban J connectivity index is 1.27. The molecule has 0 radical (unpaired) electrons. The van der Waals surface area contributed by atoms with Crippen molar-refractivity contribution in [3.8, 4) is 11.1 Å². The fraction of sp³-hybridized carbons (Fsp3) is 0.513. The Labute approximate surface area is 295 Å². The minimum absolute atomic E-state index is 0.0786. The van der Waals surface area contributed by atoms with E-state index in [1.54, 1.807) is 28.9 Å². The van der Waals surface area contributed by atoms with Gasteiger partial charge in [0.05, 0.1) is 23.7 Å². The van der Waals surface area contributed by atoms with Crippen LogP contribution in [0.5, 0.6) is 0 Å². The lowest BCUT2D eigenvalue weighted by Crippen LogP contribution is -2.45. The van der Waals surface area contributed by atoms with E-state index < -0.39 is 17.9 Å². The number of aromatic nitrogens is 5. The van der Waals surface area contributed by atoms with Gasteiger partial charge in [0.25, 0.3) is 0 Å². The van der Waals surface area contributed by atoms with Crippen molar-refractivity contribution < 1.29 is 27.6 Å². The number of piperidine rings is 1. The molecule has 268 valence electrons. The van der Waals surface area contributed by atoms with Crippen molar-refractivity contribution in [2.75, 3.05) is 0 Å². The first-order chi connectivity index (χ1) is 24.3. The number of carbonyl (C=O) groups is 3. The van der Waals surface area contributed by atoms with Gasteiger partial charge in [0.15, 0.2) is 11.6 Å². The molecule has 4 aromatic rings. The van der Waals surface area contributed by atoms with Crippen LogP contribution in [0.2, 0.25) is 0 Å². The SMILES string of the molecule is CC(=O)c1nn2c3c(cc(-c4cnc(C)nc4)cc13)CCCCCCCCC[C@@]13C[C@@H](C(=O)Cc4nc(C(F)(F)F)ccc4C)N(C(=O)C2)[C@@H]1C3. The first-order valence-electron chi connectivity index (χ1n) is 18.1. The molecule has 3 aromatic heterocycles.